The average molecular weight is 673 g/mol. The van der Waals surface area contributed by atoms with Crippen molar-refractivity contribution in [2.24, 2.45) is 10.9 Å². The molecule has 3 aromatic carbocycles. The molecular formula is C38H40N8O4. The van der Waals surface area contributed by atoms with Gasteiger partial charge in [-0.25, -0.2) is 19.7 Å². The number of rotatable bonds is 8. The smallest absolute Gasteiger partial charge is 0.433 e. The van der Waals surface area contributed by atoms with Crippen molar-refractivity contribution in [2.45, 2.75) is 32.7 Å². The summed E-state index contributed by atoms with van der Waals surface area (Å²) in [6.07, 6.45) is 4.21. The summed E-state index contributed by atoms with van der Waals surface area (Å²) in [7, 11) is 1.25. The Bertz CT molecular complexity index is 2020. The molecule has 0 aliphatic carbocycles. The summed E-state index contributed by atoms with van der Waals surface area (Å²) in [5, 5.41) is 4.42. The van der Waals surface area contributed by atoms with Crippen LogP contribution >= 0.6 is 0 Å². The third-order valence-corrected chi connectivity index (χ3v) is 9.25. The number of hydrogen-bond acceptors (Lipinski definition) is 9. The van der Waals surface area contributed by atoms with Crippen LogP contribution in [0, 0.1) is 5.92 Å². The van der Waals surface area contributed by atoms with E-state index in [1.165, 1.54) is 12.8 Å². The molecule has 12 nitrogen and oxygen atoms in total. The van der Waals surface area contributed by atoms with Gasteiger partial charge in [0, 0.05) is 42.3 Å². The van der Waals surface area contributed by atoms with Gasteiger partial charge in [0.05, 0.1) is 43.8 Å². The van der Waals surface area contributed by atoms with Crippen LogP contribution in [0.2, 0.25) is 0 Å². The predicted octanol–water partition coefficient (Wildman–Crippen LogP) is 6.79. The highest BCUT2D eigenvalue weighted by Gasteiger charge is 2.35. The number of ether oxygens (including phenoxy) is 2. The zero-order valence-electron chi connectivity index (χ0n) is 28.4. The Balaban J connectivity index is 1.07. The number of carbonyl (C=O) groups excluding carboxylic acids is 2. The molecule has 7 rings (SSSR count). The molecule has 5 aromatic rings. The van der Waals surface area contributed by atoms with E-state index < -0.39 is 6.09 Å². The van der Waals surface area contributed by atoms with Gasteiger partial charge in [0.25, 0.3) is 5.91 Å². The number of aliphatic imine (C=N–C) groups is 1. The lowest BCUT2D eigenvalue weighted by Crippen LogP contribution is -2.39. The standard InChI is InChI=1S/C38H40N8O4/c1-24(2)34(44-38(48)49-3)37(47)46-16-4-5-33(46)36-39-22-32(43-36)26-8-6-25(7-9-26)27-10-15-31-30(21-27)35(41-23-40-31)42-28-11-13-29(14-12-28)45-17-19-50-20-18-45/h6-15,21-24,33H,4-5,16-20H2,1-3H3,(H,39,43)(H,40,41,42)/b44-34-/t33-/m0/s1. The molecule has 2 fully saturated rings. The zero-order valence-corrected chi connectivity index (χ0v) is 28.4. The molecule has 2 N–H and O–H groups in total. The van der Waals surface area contributed by atoms with Crippen molar-refractivity contribution in [3.63, 3.8) is 0 Å². The van der Waals surface area contributed by atoms with Crippen LogP contribution in [0.25, 0.3) is 33.3 Å². The number of hydrogen-bond donors (Lipinski definition) is 2. The van der Waals surface area contributed by atoms with Gasteiger partial charge in [-0.15, -0.1) is 0 Å². The van der Waals surface area contributed by atoms with Gasteiger partial charge in [-0.05, 0) is 65.9 Å². The van der Waals surface area contributed by atoms with Crippen molar-refractivity contribution < 1.29 is 19.1 Å². The van der Waals surface area contributed by atoms with Crippen LogP contribution in [0.5, 0.6) is 0 Å². The zero-order chi connectivity index (χ0) is 34.6. The first-order chi connectivity index (χ1) is 24.4. The van der Waals surface area contributed by atoms with Crippen molar-refractivity contribution in [3.05, 3.63) is 85.1 Å². The van der Waals surface area contributed by atoms with E-state index >= 15 is 0 Å². The monoisotopic (exact) mass is 672 g/mol. The summed E-state index contributed by atoms with van der Waals surface area (Å²) in [5.74, 6) is 0.955. The molecule has 256 valence electrons. The number of fused-ring (bicyclic) bond motifs is 1. The molecule has 0 radical (unpaired) electrons. The molecule has 0 saturated carbocycles. The fourth-order valence-corrected chi connectivity index (χ4v) is 6.55. The molecule has 2 aliphatic heterocycles. The van der Waals surface area contributed by atoms with Crippen LogP contribution in [0.1, 0.15) is 38.6 Å². The number of H-pyrrole nitrogens is 1. The van der Waals surface area contributed by atoms with Crippen LogP contribution in [0.4, 0.5) is 22.0 Å². The maximum atomic E-state index is 13.5. The van der Waals surface area contributed by atoms with Gasteiger partial charge in [-0.2, -0.15) is 4.99 Å². The number of carbonyl (C=O) groups is 2. The number of aromatic nitrogens is 4. The number of amides is 2. The molecule has 2 amide bonds. The van der Waals surface area contributed by atoms with E-state index in [1.54, 1.807) is 17.4 Å². The number of morpholine rings is 1. The first-order valence-electron chi connectivity index (χ1n) is 17.0. The van der Waals surface area contributed by atoms with Crippen molar-refractivity contribution >= 4 is 45.8 Å². The first kappa shape index (κ1) is 32.9. The van der Waals surface area contributed by atoms with E-state index in [9.17, 15) is 9.59 Å². The molecular weight excluding hydrogens is 632 g/mol. The molecule has 0 unspecified atom stereocenters. The summed E-state index contributed by atoms with van der Waals surface area (Å²) in [6.45, 7) is 7.54. The Morgan fingerprint density at radius 3 is 2.42 bits per heavy atom. The van der Waals surface area contributed by atoms with Crippen molar-refractivity contribution in [1.82, 2.24) is 24.8 Å². The fraction of sp³-hybridized carbons (Fsp3) is 0.316. The van der Waals surface area contributed by atoms with Crippen LogP contribution in [-0.4, -0.2) is 82.5 Å². The van der Waals surface area contributed by atoms with Crippen molar-refractivity contribution in [3.8, 4) is 22.4 Å². The van der Waals surface area contributed by atoms with Crippen LogP contribution in [-0.2, 0) is 14.3 Å². The Kier molecular flexibility index (Phi) is 9.52. The largest absolute Gasteiger partial charge is 0.451 e. The lowest BCUT2D eigenvalue weighted by molar-refractivity contribution is -0.125. The highest BCUT2D eigenvalue weighted by molar-refractivity contribution is 6.40. The molecule has 50 heavy (non-hydrogen) atoms. The van der Waals surface area contributed by atoms with Gasteiger partial charge in [0.1, 0.15) is 23.7 Å². The minimum atomic E-state index is -0.777. The second kappa shape index (κ2) is 14.5. The molecule has 4 heterocycles. The van der Waals surface area contributed by atoms with Gasteiger partial charge in [-0.1, -0.05) is 44.2 Å². The second-order valence-electron chi connectivity index (χ2n) is 12.8. The molecule has 0 spiro atoms. The van der Waals surface area contributed by atoms with Gasteiger partial charge in [-0.3, -0.25) is 4.79 Å². The number of imidazole rings is 1. The lowest BCUT2D eigenvalue weighted by Gasteiger charge is -2.28. The van der Waals surface area contributed by atoms with E-state index in [1.807, 2.05) is 19.9 Å². The van der Waals surface area contributed by atoms with Gasteiger partial charge >= 0.3 is 6.09 Å². The highest BCUT2D eigenvalue weighted by Crippen LogP contribution is 2.34. The third kappa shape index (κ3) is 6.92. The van der Waals surface area contributed by atoms with E-state index in [2.05, 4.69) is 101 Å². The topological polar surface area (TPSA) is 138 Å². The van der Waals surface area contributed by atoms with Crippen molar-refractivity contribution in [2.75, 3.05) is 50.2 Å². The number of anilines is 3. The summed E-state index contributed by atoms with van der Waals surface area (Å²) < 4.78 is 10.2. The van der Waals surface area contributed by atoms with Crippen LogP contribution < -0.4 is 10.2 Å². The summed E-state index contributed by atoms with van der Waals surface area (Å²) in [4.78, 5) is 50.5. The summed E-state index contributed by atoms with van der Waals surface area (Å²) in [5.41, 5.74) is 7.11. The minimum Gasteiger partial charge on any atom is -0.451 e. The third-order valence-electron chi connectivity index (χ3n) is 9.25. The Morgan fingerprint density at radius 1 is 0.940 bits per heavy atom. The number of benzene rings is 3. The fourth-order valence-electron chi connectivity index (χ4n) is 6.55. The molecule has 2 aromatic heterocycles. The average Bonchev–Trinajstić information content (AvgIpc) is 3.85. The van der Waals surface area contributed by atoms with E-state index in [0.29, 0.717) is 12.4 Å². The van der Waals surface area contributed by atoms with Crippen molar-refractivity contribution in [1.29, 1.82) is 0 Å². The maximum Gasteiger partial charge on any atom is 0.433 e. The maximum absolute atomic E-state index is 13.5. The van der Waals surface area contributed by atoms with Gasteiger partial charge in [0.2, 0.25) is 0 Å². The van der Waals surface area contributed by atoms with E-state index in [4.69, 9.17) is 4.74 Å². The number of nitrogens with one attached hydrogen (secondary N) is 2. The Labute approximate surface area is 290 Å². The Morgan fingerprint density at radius 2 is 1.68 bits per heavy atom. The predicted molar refractivity (Wildman–Crippen MR) is 194 cm³/mol. The number of likely N-dealkylation sites (tertiary alicyclic amines) is 1. The first-order valence-corrected chi connectivity index (χ1v) is 17.0. The van der Waals surface area contributed by atoms with Crippen LogP contribution in [0.3, 0.4) is 0 Å². The summed E-state index contributed by atoms with van der Waals surface area (Å²) >= 11 is 0. The molecule has 2 aliphatic rings. The van der Waals surface area contributed by atoms with E-state index in [-0.39, 0.29) is 23.6 Å². The summed E-state index contributed by atoms with van der Waals surface area (Å²) in [6, 6.07) is 22.7. The normalized spacial score (nSPS) is 16.6. The lowest BCUT2D eigenvalue weighted by atomic mass is 10.0. The van der Waals surface area contributed by atoms with Gasteiger partial charge < -0.3 is 29.6 Å². The number of nitrogens with zero attached hydrogens (tertiary/aromatic N) is 6. The number of methoxy groups -OCH3 is 1. The molecule has 2 saturated heterocycles. The minimum absolute atomic E-state index is 0.187. The number of aromatic amines is 1. The van der Waals surface area contributed by atoms with Crippen LogP contribution in [0.15, 0.2) is 84.2 Å². The molecule has 12 heteroatoms. The quantitative estimate of drug-likeness (QED) is 0.171. The molecule has 1 atom stereocenters. The Hall–Kier alpha value is -5.62. The molecule has 0 bridgehead atoms. The van der Waals surface area contributed by atoms with Gasteiger partial charge in [0.15, 0.2) is 0 Å². The van der Waals surface area contributed by atoms with E-state index in [0.717, 1.165) is 83.9 Å². The highest BCUT2D eigenvalue weighted by atomic mass is 16.5. The SMILES string of the molecule is COC(=O)/N=C(\C(=O)N1CCC[C@H]1c1ncc(-c2ccc(-c3ccc4ncnc(Nc5ccc(N6CCOCC6)cc5)c4c3)cc2)[nH]1)C(C)C. The second-order valence-corrected chi connectivity index (χ2v) is 12.8.